The number of aryl methyl sites for hydroxylation is 1. The summed E-state index contributed by atoms with van der Waals surface area (Å²) < 4.78 is 5.91. The Bertz CT molecular complexity index is 664. The summed E-state index contributed by atoms with van der Waals surface area (Å²) >= 11 is 8.91. The van der Waals surface area contributed by atoms with Crippen molar-refractivity contribution in [1.82, 2.24) is 4.98 Å². The maximum atomic E-state index is 10.9. The highest BCUT2D eigenvalue weighted by atomic mass is 79.9. The van der Waals surface area contributed by atoms with E-state index >= 15 is 0 Å². The molecule has 0 radical (unpaired) electrons. The molecule has 7 heteroatoms. The zero-order valence-electron chi connectivity index (χ0n) is 10.5. The maximum Gasteiger partial charge on any atom is 0.287 e. The summed E-state index contributed by atoms with van der Waals surface area (Å²) in [4.78, 5) is 14.6. The highest BCUT2D eigenvalue weighted by molar-refractivity contribution is 9.10. The van der Waals surface area contributed by atoms with E-state index in [0.717, 1.165) is 11.1 Å². The topological polar surface area (TPSA) is 65.3 Å². The highest BCUT2D eigenvalue weighted by Crippen LogP contribution is 2.36. The van der Waals surface area contributed by atoms with Gasteiger partial charge >= 0.3 is 0 Å². The average Bonchev–Trinajstić information content (AvgIpc) is 2.42. The van der Waals surface area contributed by atoms with Crippen LogP contribution >= 0.6 is 27.5 Å². The standard InChI is InChI=1S/C13H10BrClN2O3/c1-8-5-9(6-15)7-16-13(8)20-11-4-2-3-10(12(11)14)17(18)19/h2-5,7H,6H2,1H3. The summed E-state index contributed by atoms with van der Waals surface area (Å²) in [6.45, 7) is 1.84. The minimum Gasteiger partial charge on any atom is -0.437 e. The van der Waals surface area contributed by atoms with Crippen LogP contribution in [0.25, 0.3) is 0 Å². The molecule has 104 valence electrons. The third-order valence-electron chi connectivity index (χ3n) is 2.59. The SMILES string of the molecule is Cc1cc(CCl)cnc1Oc1cccc([N+](=O)[O-])c1Br. The van der Waals surface area contributed by atoms with Crippen LogP contribution in [-0.4, -0.2) is 9.91 Å². The number of ether oxygens (including phenoxy) is 1. The Kier molecular flexibility index (Phi) is 4.57. The fraction of sp³-hybridized carbons (Fsp3) is 0.154. The monoisotopic (exact) mass is 356 g/mol. The number of hydrogen-bond donors (Lipinski definition) is 0. The molecule has 0 fully saturated rings. The third kappa shape index (κ3) is 3.08. The molecule has 0 saturated carbocycles. The number of halogens is 2. The lowest BCUT2D eigenvalue weighted by Gasteiger charge is -2.09. The van der Waals surface area contributed by atoms with Crippen molar-refractivity contribution in [3.8, 4) is 11.6 Å². The lowest BCUT2D eigenvalue weighted by atomic mass is 10.2. The summed E-state index contributed by atoms with van der Waals surface area (Å²) in [7, 11) is 0. The number of hydrogen-bond acceptors (Lipinski definition) is 4. The Morgan fingerprint density at radius 1 is 1.50 bits per heavy atom. The molecule has 1 aromatic carbocycles. The van der Waals surface area contributed by atoms with Crippen molar-refractivity contribution in [2.45, 2.75) is 12.8 Å². The number of rotatable bonds is 4. The first kappa shape index (κ1) is 14.7. The number of nitrogens with zero attached hydrogens (tertiary/aromatic N) is 2. The van der Waals surface area contributed by atoms with Crippen LogP contribution in [0, 0.1) is 17.0 Å². The molecule has 1 heterocycles. The predicted molar refractivity (Wildman–Crippen MR) is 79.4 cm³/mol. The van der Waals surface area contributed by atoms with E-state index in [-0.39, 0.29) is 10.2 Å². The average molecular weight is 358 g/mol. The first-order valence-corrected chi connectivity index (χ1v) is 6.98. The summed E-state index contributed by atoms with van der Waals surface area (Å²) in [5.41, 5.74) is 1.63. The van der Waals surface area contributed by atoms with Gasteiger partial charge in [0, 0.05) is 23.7 Å². The minimum absolute atomic E-state index is 0.0578. The van der Waals surface area contributed by atoms with Gasteiger partial charge in [-0.2, -0.15) is 0 Å². The molecule has 0 amide bonds. The van der Waals surface area contributed by atoms with Gasteiger partial charge in [0.2, 0.25) is 5.88 Å². The Morgan fingerprint density at radius 3 is 2.85 bits per heavy atom. The van der Waals surface area contributed by atoms with E-state index in [1.165, 1.54) is 6.07 Å². The molecule has 0 aliphatic carbocycles. The molecule has 0 N–H and O–H groups in total. The smallest absolute Gasteiger partial charge is 0.287 e. The van der Waals surface area contributed by atoms with Crippen molar-refractivity contribution in [1.29, 1.82) is 0 Å². The molecule has 0 spiro atoms. The van der Waals surface area contributed by atoms with E-state index in [0.29, 0.717) is 17.5 Å². The fourth-order valence-corrected chi connectivity index (χ4v) is 2.26. The normalized spacial score (nSPS) is 10.3. The van der Waals surface area contributed by atoms with Crippen LogP contribution in [0.3, 0.4) is 0 Å². The molecule has 0 atom stereocenters. The Labute approximate surface area is 128 Å². The van der Waals surface area contributed by atoms with Crippen molar-refractivity contribution in [2.75, 3.05) is 0 Å². The van der Waals surface area contributed by atoms with Crippen molar-refractivity contribution in [2.24, 2.45) is 0 Å². The van der Waals surface area contributed by atoms with Gasteiger partial charge in [0.05, 0.1) is 4.92 Å². The number of nitro benzene ring substituents is 1. The van der Waals surface area contributed by atoms with E-state index in [2.05, 4.69) is 20.9 Å². The van der Waals surface area contributed by atoms with Gasteiger partial charge in [-0.15, -0.1) is 11.6 Å². The van der Waals surface area contributed by atoms with Crippen LogP contribution in [0.4, 0.5) is 5.69 Å². The zero-order chi connectivity index (χ0) is 14.7. The van der Waals surface area contributed by atoms with E-state index in [1.54, 1.807) is 18.3 Å². The number of alkyl halides is 1. The van der Waals surface area contributed by atoms with Crippen LogP contribution in [0.2, 0.25) is 0 Å². The van der Waals surface area contributed by atoms with E-state index in [9.17, 15) is 10.1 Å². The lowest BCUT2D eigenvalue weighted by molar-refractivity contribution is -0.385. The van der Waals surface area contributed by atoms with Gasteiger partial charge in [-0.05, 0) is 40.5 Å². The largest absolute Gasteiger partial charge is 0.437 e. The number of benzene rings is 1. The second kappa shape index (κ2) is 6.19. The Hall–Kier alpha value is -1.66. The van der Waals surface area contributed by atoms with Crippen molar-refractivity contribution in [3.05, 3.63) is 56.2 Å². The van der Waals surface area contributed by atoms with Gasteiger partial charge in [0.25, 0.3) is 5.69 Å². The van der Waals surface area contributed by atoms with Gasteiger partial charge in [0.15, 0.2) is 5.75 Å². The van der Waals surface area contributed by atoms with Gasteiger partial charge in [-0.1, -0.05) is 6.07 Å². The lowest BCUT2D eigenvalue weighted by Crippen LogP contribution is -1.96. The van der Waals surface area contributed by atoms with Crippen LogP contribution in [0.5, 0.6) is 11.6 Å². The van der Waals surface area contributed by atoms with Crippen LogP contribution in [-0.2, 0) is 5.88 Å². The van der Waals surface area contributed by atoms with Crippen LogP contribution < -0.4 is 4.74 Å². The number of aromatic nitrogens is 1. The molecule has 0 aliphatic rings. The maximum absolute atomic E-state index is 10.9. The second-order valence-electron chi connectivity index (χ2n) is 4.05. The quantitative estimate of drug-likeness (QED) is 0.456. The molecule has 0 aliphatic heterocycles. The second-order valence-corrected chi connectivity index (χ2v) is 5.11. The van der Waals surface area contributed by atoms with E-state index in [4.69, 9.17) is 16.3 Å². The van der Waals surface area contributed by atoms with Crippen LogP contribution in [0.1, 0.15) is 11.1 Å². The number of nitro groups is 1. The highest BCUT2D eigenvalue weighted by Gasteiger charge is 2.17. The molecule has 5 nitrogen and oxygen atoms in total. The zero-order valence-corrected chi connectivity index (χ0v) is 12.8. The van der Waals surface area contributed by atoms with Crippen LogP contribution in [0.15, 0.2) is 34.9 Å². The molecule has 1 aromatic heterocycles. The van der Waals surface area contributed by atoms with Gasteiger partial charge in [0.1, 0.15) is 4.47 Å². The van der Waals surface area contributed by atoms with E-state index < -0.39 is 4.92 Å². The molecule has 0 unspecified atom stereocenters. The molecular formula is C13H10BrClN2O3. The summed E-state index contributed by atoms with van der Waals surface area (Å²) in [5, 5.41) is 10.9. The molecule has 0 saturated heterocycles. The van der Waals surface area contributed by atoms with Crippen molar-refractivity contribution in [3.63, 3.8) is 0 Å². The Morgan fingerprint density at radius 2 is 2.25 bits per heavy atom. The van der Waals surface area contributed by atoms with Crippen molar-refractivity contribution < 1.29 is 9.66 Å². The minimum atomic E-state index is -0.478. The predicted octanol–water partition coefficient (Wildman–Crippen LogP) is 4.59. The molecular weight excluding hydrogens is 348 g/mol. The third-order valence-corrected chi connectivity index (χ3v) is 3.69. The summed E-state index contributed by atoms with van der Waals surface area (Å²) in [6.07, 6.45) is 1.61. The van der Waals surface area contributed by atoms with Gasteiger partial charge in [-0.3, -0.25) is 10.1 Å². The van der Waals surface area contributed by atoms with Gasteiger partial charge < -0.3 is 4.74 Å². The molecule has 2 aromatic rings. The molecule has 0 bridgehead atoms. The Balaban J connectivity index is 2.35. The van der Waals surface area contributed by atoms with E-state index in [1.807, 2.05) is 13.0 Å². The van der Waals surface area contributed by atoms with Crippen molar-refractivity contribution >= 4 is 33.2 Å². The number of pyridine rings is 1. The molecule has 2 rings (SSSR count). The summed E-state index contributed by atoms with van der Waals surface area (Å²) in [6, 6.07) is 6.45. The molecule has 20 heavy (non-hydrogen) atoms. The first-order valence-electron chi connectivity index (χ1n) is 5.65. The summed E-state index contributed by atoms with van der Waals surface area (Å²) in [5.74, 6) is 1.10. The first-order chi connectivity index (χ1) is 9.52. The van der Waals surface area contributed by atoms with Gasteiger partial charge in [-0.25, -0.2) is 4.98 Å². The fourth-order valence-electron chi connectivity index (χ4n) is 1.62.